The number of amides is 1. The molecule has 1 fully saturated rings. The molecule has 24 heavy (non-hydrogen) atoms. The highest BCUT2D eigenvalue weighted by molar-refractivity contribution is 5.94. The highest BCUT2D eigenvalue weighted by atomic mass is 35.5. The zero-order valence-corrected chi connectivity index (χ0v) is 14.3. The van der Waals surface area contributed by atoms with Crippen molar-refractivity contribution >= 4 is 18.3 Å². The molecule has 1 aliphatic rings. The zero-order valence-electron chi connectivity index (χ0n) is 13.5. The SMILES string of the molecule is Cl.NCc1ccc(C(=O)N(Cc2ccc(F)cc2)CC2CC2)cc1. The second-order valence-corrected chi connectivity index (χ2v) is 6.16. The first-order valence-electron chi connectivity index (χ1n) is 7.98. The lowest BCUT2D eigenvalue weighted by Gasteiger charge is -2.23. The van der Waals surface area contributed by atoms with Crippen LogP contribution in [0, 0.1) is 11.7 Å². The number of carbonyl (C=O) groups is 1. The summed E-state index contributed by atoms with van der Waals surface area (Å²) < 4.78 is 13.0. The maximum absolute atomic E-state index is 13.0. The van der Waals surface area contributed by atoms with E-state index in [0.717, 1.165) is 17.7 Å². The number of carbonyl (C=O) groups excluding carboxylic acids is 1. The van der Waals surface area contributed by atoms with Crippen molar-refractivity contribution in [1.82, 2.24) is 4.90 Å². The molecule has 0 bridgehead atoms. The normalized spacial score (nSPS) is 13.2. The minimum atomic E-state index is -0.258. The monoisotopic (exact) mass is 348 g/mol. The fraction of sp³-hybridized carbons (Fsp3) is 0.316. The van der Waals surface area contributed by atoms with Crippen molar-refractivity contribution in [3.63, 3.8) is 0 Å². The summed E-state index contributed by atoms with van der Waals surface area (Å²) in [7, 11) is 0. The van der Waals surface area contributed by atoms with Crippen molar-refractivity contribution in [3.8, 4) is 0 Å². The van der Waals surface area contributed by atoms with Crippen molar-refractivity contribution < 1.29 is 9.18 Å². The van der Waals surface area contributed by atoms with Gasteiger partial charge in [0.2, 0.25) is 0 Å². The molecule has 0 atom stereocenters. The van der Waals surface area contributed by atoms with Gasteiger partial charge in [0.15, 0.2) is 0 Å². The van der Waals surface area contributed by atoms with E-state index in [1.807, 2.05) is 29.2 Å². The Kier molecular flexibility index (Phi) is 6.35. The van der Waals surface area contributed by atoms with Gasteiger partial charge in [-0.3, -0.25) is 4.79 Å². The summed E-state index contributed by atoms with van der Waals surface area (Å²) in [5.41, 5.74) is 8.22. The first-order chi connectivity index (χ1) is 11.2. The van der Waals surface area contributed by atoms with Crippen LogP contribution in [0.2, 0.25) is 0 Å². The molecule has 3 nitrogen and oxygen atoms in total. The van der Waals surface area contributed by atoms with Gasteiger partial charge in [0.25, 0.3) is 5.91 Å². The van der Waals surface area contributed by atoms with Crippen LogP contribution in [0.25, 0.3) is 0 Å². The molecule has 0 radical (unpaired) electrons. The van der Waals surface area contributed by atoms with Crippen molar-refractivity contribution in [2.75, 3.05) is 6.54 Å². The Balaban J connectivity index is 0.00000208. The topological polar surface area (TPSA) is 46.3 Å². The largest absolute Gasteiger partial charge is 0.334 e. The van der Waals surface area contributed by atoms with Crippen molar-refractivity contribution in [1.29, 1.82) is 0 Å². The summed E-state index contributed by atoms with van der Waals surface area (Å²) >= 11 is 0. The van der Waals surface area contributed by atoms with E-state index in [-0.39, 0.29) is 24.1 Å². The number of halogens is 2. The van der Waals surface area contributed by atoms with Crippen LogP contribution < -0.4 is 5.73 Å². The quantitative estimate of drug-likeness (QED) is 0.864. The summed E-state index contributed by atoms with van der Waals surface area (Å²) in [6.07, 6.45) is 2.36. The summed E-state index contributed by atoms with van der Waals surface area (Å²) in [6, 6.07) is 13.8. The van der Waals surface area contributed by atoms with Gasteiger partial charge in [0.1, 0.15) is 5.82 Å². The molecule has 0 spiro atoms. The molecule has 0 aliphatic heterocycles. The second-order valence-electron chi connectivity index (χ2n) is 6.16. The Morgan fingerprint density at radius 2 is 1.62 bits per heavy atom. The molecule has 0 aromatic heterocycles. The van der Waals surface area contributed by atoms with E-state index in [1.54, 1.807) is 12.1 Å². The van der Waals surface area contributed by atoms with E-state index in [1.165, 1.54) is 25.0 Å². The summed E-state index contributed by atoms with van der Waals surface area (Å²) in [6.45, 7) is 1.74. The number of nitrogens with two attached hydrogens (primary N) is 1. The number of nitrogens with zero attached hydrogens (tertiary/aromatic N) is 1. The predicted octanol–water partition coefficient (Wildman–Crippen LogP) is 3.76. The number of benzene rings is 2. The van der Waals surface area contributed by atoms with Crippen LogP contribution in [0.3, 0.4) is 0 Å². The first kappa shape index (κ1) is 18.4. The summed E-state index contributed by atoms with van der Waals surface area (Å²) in [5, 5.41) is 0. The molecule has 5 heteroatoms. The fourth-order valence-electron chi connectivity index (χ4n) is 2.61. The maximum Gasteiger partial charge on any atom is 0.254 e. The Hall–Kier alpha value is -1.91. The van der Waals surface area contributed by atoms with Crippen LogP contribution in [0.1, 0.15) is 34.3 Å². The lowest BCUT2D eigenvalue weighted by Crippen LogP contribution is -2.32. The lowest BCUT2D eigenvalue weighted by atomic mass is 10.1. The molecule has 0 saturated heterocycles. The van der Waals surface area contributed by atoms with Crippen LogP contribution in [-0.2, 0) is 13.1 Å². The van der Waals surface area contributed by atoms with E-state index >= 15 is 0 Å². The Morgan fingerprint density at radius 1 is 1.04 bits per heavy atom. The van der Waals surface area contributed by atoms with Crippen molar-refractivity contribution in [3.05, 3.63) is 71.0 Å². The number of hydrogen-bond donors (Lipinski definition) is 1. The summed E-state index contributed by atoms with van der Waals surface area (Å²) in [4.78, 5) is 14.7. The van der Waals surface area contributed by atoms with Gasteiger partial charge in [-0.05, 0) is 54.2 Å². The number of rotatable bonds is 6. The van der Waals surface area contributed by atoms with Crippen LogP contribution in [-0.4, -0.2) is 17.4 Å². The van der Waals surface area contributed by atoms with Gasteiger partial charge < -0.3 is 10.6 Å². The Labute approximate surface area is 148 Å². The van der Waals surface area contributed by atoms with Crippen molar-refractivity contribution in [2.45, 2.75) is 25.9 Å². The molecule has 128 valence electrons. The van der Waals surface area contributed by atoms with Crippen molar-refractivity contribution in [2.24, 2.45) is 11.7 Å². The molecular formula is C19H22ClFN2O. The molecule has 2 aromatic rings. The predicted molar refractivity (Wildman–Crippen MR) is 95.4 cm³/mol. The van der Waals surface area contributed by atoms with Gasteiger partial charge in [0, 0.05) is 25.2 Å². The highest BCUT2D eigenvalue weighted by Crippen LogP contribution is 2.30. The lowest BCUT2D eigenvalue weighted by molar-refractivity contribution is 0.0735. The molecule has 0 unspecified atom stereocenters. The fourth-order valence-corrected chi connectivity index (χ4v) is 2.61. The van der Waals surface area contributed by atoms with E-state index in [4.69, 9.17) is 5.73 Å². The second kappa shape index (κ2) is 8.27. The molecule has 1 aliphatic carbocycles. The Bertz CT molecular complexity index is 669. The molecule has 2 aromatic carbocycles. The van der Waals surface area contributed by atoms with Crippen LogP contribution >= 0.6 is 12.4 Å². The molecule has 1 amide bonds. The smallest absolute Gasteiger partial charge is 0.254 e. The zero-order chi connectivity index (χ0) is 16.2. The third-order valence-electron chi connectivity index (χ3n) is 4.19. The van der Waals surface area contributed by atoms with Gasteiger partial charge in [-0.2, -0.15) is 0 Å². The average Bonchev–Trinajstić information content (AvgIpc) is 3.40. The third-order valence-corrected chi connectivity index (χ3v) is 4.19. The standard InChI is InChI=1S/C19H21FN2O.ClH/c20-18-9-5-16(6-10-18)13-22(12-15-1-2-15)19(23)17-7-3-14(11-21)4-8-17;/h3-10,15H,1-2,11-13,21H2;1H. The summed E-state index contributed by atoms with van der Waals surface area (Å²) in [5.74, 6) is 0.360. The number of hydrogen-bond acceptors (Lipinski definition) is 2. The maximum atomic E-state index is 13.0. The van der Waals surface area contributed by atoms with Gasteiger partial charge in [-0.25, -0.2) is 4.39 Å². The average molecular weight is 349 g/mol. The molecule has 1 saturated carbocycles. The molecule has 3 rings (SSSR count). The van der Waals surface area contributed by atoms with Gasteiger partial charge in [0.05, 0.1) is 0 Å². The molecule has 0 heterocycles. The van der Waals surface area contributed by atoms with E-state index in [0.29, 0.717) is 24.6 Å². The van der Waals surface area contributed by atoms with Gasteiger partial charge in [-0.15, -0.1) is 12.4 Å². The Morgan fingerprint density at radius 3 is 2.17 bits per heavy atom. The molecular weight excluding hydrogens is 327 g/mol. The third kappa shape index (κ3) is 4.79. The van der Waals surface area contributed by atoms with Crippen LogP contribution in [0.5, 0.6) is 0 Å². The van der Waals surface area contributed by atoms with E-state index in [2.05, 4.69) is 0 Å². The molecule has 2 N–H and O–H groups in total. The van der Waals surface area contributed by atoms with E-state index < -0.39 is 0 Å². The van der Waals surface area contributed by atoms with E-state index in [9.17, 15) is 9.18 Å². The minimum Gasteiger partial charge on any atom is -0.334 e. The first-order valence-corrected chi connectivity index (χ1v) is 7.98. The van der Waals surface area contributed by atoms with Gasteiger partial charge in [-0.1, -0.05) is 24.3 Å². The van der Waals surface area contributed by atoms with Crippen LogP contribution in [0.15, 0.2) is 48.5 Å². The highest BCUT2D eigenvalue weighted by Gasteiger charge is 2.27. The minimum absolute atomic E-state index is 0. The van der Waals surface area contributed by atoms with Gasteiger partial charge >= 0.3 is 0 Å². The van der Waals surface area contributed by atoms with Crippen LogP contribution in [0.4, 0.5) is 4.39 Å².